The number of rotatable bonds is 7. The van der Waals surface area contributed by atoms with Gasteiger partial charge in [0.15, 0.2) is 5.82 Å². The summed E-state index contributed by atoms with van der Waals surface area (Å²) in [5.41, 5.74) is 6.79. The van der Waals surface area contributed by atoms with Crippen LogP contribution in [0.25, 0.3) is 0 Å². The molecule has 0 aliphatic carbocycles. The highest BCUT2D eigenvalue weighted by molar-refractivity contribution is 5.93. The van der Waals surface area contributed by atoms with E-state index in [-0.39, 0.29) is 18.3 Å². The molecule has 0 bridgehead atoms. The normalized spacial score (nSPS) is 13.5. The molecule has 1 aromatic heterocycles. The van der Waals surface area contributed by atoms with E-state index in [0.717, 1.165) is 25.0 Å². The third-order valence-corrected chi connectivity index (χ3v) is 3.04. The first-order valence-corrected chi connectivity index (χ1v) is 6.70. The summed E-state index contributed by atoms with van der Waals surface area (Å²) >= 11 is 0. The van der Waals surface area contributed by atoms with Crippen molar-refractivity contribution in [3.63, 3.8) is 0 Å². The van der Waals surface area contributed by atoms with Crippen LogP contribution in [0.2, 0.25) is 0 Å². The number of nitrogens with zero attached hydrogens (tertiary/aromatic N) is 1. The van der Waals surface area contributed by atoms with Gasteiger partial charge in [-0.1, -0.05) is 33.6 Å². The average Bonchev–Trinajstić information content (AvgIpc) is 2.78. The quantitative estimate of drug-likeness (QED) is 0.721. The summed E-state index contributed by atoms with van der Waals surface area (Å²) in [6.45, 7) is 6.30. The molecule has 1 amide bonds. The molecule has 110 valence electrons. The van der Waals surface area contributed by atoms with Crippen LogP contribution in [0.4, 0.5) is 5.82 Å². The molecule has 1 aromatic rings. The number of nitrogens with one attached hydrogen (secondary N) is 2. The van der Waals surface area contributed by atoms with Gasteiger partial charge in [-0.3, -0.25) is 9.89 Å². The number of anilines is 1. The van der Waals surface area contributed by atoms with E-state index in [1.54, 1.807) is 0 Å². The minimum absolute atomic E-state index is 0. The number of hydrogen-bond acceptors (Lipinski definition) is 3. The van der Waals surface area contributed by atoms with Crippen molar-refractivity contribution < 1.29 is 4.79 Å². The summed E-state index contributed by atoms with van der Waals surface area (Å²) in [5.74, 6) is 0.819. The molecule has 0 aliphatic rings. The second-order valence-electron chi connectivity index (χ2n) is 4.78. The van der Waals surface area contributed by atoms with E-state index in [1.165, 1.54) is 0 Å². The van der Waals surface area contributed by atoms with Crippen LogP contribution < -0.4 is 11.1 Å². The van der Waals surface area contributed by atoms with Gasteiger partial charge in [0, 0.05) is 11.8 Å². The van der Waals surface area contributed by atoms with E-state index < -0.39 is 6.04 Å². The zero-order valence-electron chi connectivity index (χ0n) is 11.9. The van der Waals surface area contributed by atoms with E-state index in [1.807, 2.05) is 13.0 Å². The molecule has 6 heteroatoms. The number of carbonyl (C=O) groups excluding carboxylic acids is 1. The van der Waals surface area contributed by atoms with Gasteiger partial charge in [-0.2, -0.15) is 5.10 Å². The number of aromatic nitrogens is 2. The highest BCUT2D eigenvalue weighted by Crippen LogP contribution is 2.20. The number of amides is 1. The summed E-state index contributed by atoms with van der Waals surface area (Å²) in [7, 11) is 0. The Balaban J connectivity index is 0.00000324. The number of nitrogens with two attached hydrogens (primary N) is 1. The fourth-order valence-corrected chi connectivity index (χ4v) is 1.90. The predicted molar refractivity (Wildman–Crippen MR) is 80.7 cm³/mol. The molecule has 19 heavy (non-hydrogen) atoms. The van der Waals surface area contributed by atoms with Crippen LogP contribution in [0.1, 0.15) is 58.1 Å². The lowest BCUT2D eigenvalue weighted by molar-refractivity contribution is -0.117. The van der Waals surface area contributed by atoms with E-state index >= 15 is 0 Å². The minimum Gasteiger partial charge on any atom is -0.320 e. The second kappa shape index (κ2) is 8.93. The van der Waals surface area contributed by atoms with Gasteiger partial charge in [0.05, 0.1) is 6.04 Å². The van der Waals surface area contributed by atoms with Crippen LogP contribution in [0.15, 0.2) is 6.07 Å². The molecular formula is C13H25ClN4O. The molecular weight excluding hydrogens is 264 g/mol. The second-order valence-corrected chi connectivity index (χ2v) is 4.78. The van der Waals surface area contributed by atoms with Crippen molar-refractivity contribution in [1.29, 1.82) is 0 Å². The molecule has 0 fully saturated rings. The van der Waals surface area contributed by atoms with Crippen LogP contribution in [0.3, 0.4) is 0 Å². The van der Waals surface area contributed by atoms with Crippen molar-refractivity contribution in [2.24, 2.45) is 5.73 Å². The Hall–Kier alpha value is -1.07. The summed E-state index contributed by atoms with van der Waals surface area (Å²) in [6.07, 6.45) is 3.82. The van der Waals surface area contributed by atoms with Crippen molar-refractivity contribution in [3.05, 3.63) is 11.8 Å². The first kappa shape index (κ1) is 17.9. The number of carbonyl (C=O) groups is 1. The lowest BCUT2D eigenvalue weighted by Crippen LogP contribution is -2.35. The highest BCUT2D eigenvalue weighted by atomic mass is 35.5. The Kier molecular flexibility index (Phi) is 8.43. The van der Waals surface area contributed by atoms with Crippen molar-refractivity contribution in [3.8, 4) is 0 Å². The molecule has 1 rings (SSSR count). The standard InChI is InChI=1S/C13H24N4O.ClH/c1-4-6-9(3)11-8-12(17-16-11)15-13(18)10(14)7-5-2;/h8-10H,4-7,14H2,1-3H3,(H2,15,16,17,18);1H. The lowest BCUT2D eigenvalue weighted by Gasteiger charge is -2.08. The monoisotopic (exact) mass is 288 g/mol. The molecule has 2 atom stereocenters. The van der Waals surface area contributed by atoms with Gasteiger partial charge >= 0.3 is 0 Å². The molecule has 0 saturated carbocycles. The molecule has 0 aromatic carbocycles. The van der Waals surface area contributed by atoms with Crippen LogP contribution in [-0.4, -0.2) is 22.1 Å². The van der Waals surface area contributed by atoms with Crippen LogP contribution in [-0.2, 0) is 4.79 Å². The first-order chi connectivity index (χ1) is 8.58. The fraction of sp³-hybridized carbons (Fsp3) is 0.692. The molecule has 0 spiro atoms. The minimum atomic E-state index is -0.455. The summed E-state index contributed by atoms with van der Waals surface area (Å²) < 4.78 is 0. The predicted octanol–water partition coefficient (Wildman–Crippen LogP) is 2.80. The topological polar surface area (TPSA) is 83.8 Å². The van der Waals surface area contributed by atoms with Gasteiger partial charge in [-0.25, -0.2) is 0 Å². The third-order valence-electron chi connectivity index (χ3n) is 3.04. The smallest absolute Gasteiger partial charge is 0.242 e. The Morgan fingerprint density at radius 3 is 2.63 bits per heavy atom. The molecule has 0 saturated heterocycles. The van der Waals surface area contributed by atoms with Crippen LogP contribution in [0, 0.1) is 0 Å². The summed E-state index contributed by atoms with van der Waals surface area (Å²) in [6, 6.07) is 1.43. The Bertz CT molecular complexity index is 380. The number of halogens is 1. The zero-order chi connectivity index (χ0) is 13.5. The van der Waals surface area contributed by atoms with Gasteiger partial charge < -0.3 is 11.1 Å². The largest absolute Gasteiger partial charge is 0.320 e. The van der Waals surface area contributed by atoms with Gasteiger partial charge in [-0.05, 0) is 18.8 Å². The number of H-pyrrole nitrogens is 1. The molecule has 2 unspecified atom stereocenters. The Morgan fingerprint density at radius 1 is 1.42 bits per heavy atom. The molecule has 1 heterocycles. The summed E-state index contributed by atoms with van der Waals surface area (Å²) in [4.78, 5) is 11.7. The first-order valence-electron chi connectivity index (χ1n) is 6.70. The van der Waals surface area contributed by atoms with Gasteiger partial charge in [0.2, 0.25) is 5.91 Å². The van der Waals surface area contributed by atoms with E-state index in [4.69, 9.17) is 5.73 Å². The molecule has 4 N–H and O–H groups in total. The highest BCUT2D eigenvalue weighted by Gasteiger charge is 2.15. The fourth-order valence-electron chi connectivity index (χ4n) is 1.90. The zero-order valence-corrected chi connectivity index (χ0v) is 12.7. The van der Waals surface area contributed by atoms with Crippen molar-refractivity contribution in [1.82, 2.24) is 10.2 Å². The van der Waals surface area contributed by atoms with Crippen molar-refractivity contribution in [2.45, 2.75) is 58.4 Å². The lowest BCUT2D eigenvalue weighted by atomic mass is 10.0. The average molecular weight is 289 g/mol. The maximum atomic E-state index is 11.7. The van der Waals surface area contributed by atoms with E-state index in [9.17, 15) is 4.79 Å². The van der Waals surface area contributed by atoms with E-state index in [0.29, 0.717) is 18.2 Å². The number of aromatic amines is 1. The van der Waals surface area contributed by atoms with Gasteiger partial charge in [0.1, 0.15) is 0 Å². The maximum Gasteiger partial charge on any atom is 0.242 e. The van der Waals surface area contributed by atoms with Crippen LogP contribution in [0.5, 0.6) is 0 Å². The SMILES string of the molecule is CCCC(N)C(=O)Nc1cc(C(C)CCC)[nH]n1.Cl. The Labute approximate surface area is 121 Å². The molecule has 5 nitrogen and oxygen atoms in total. The van der Waals surface area contributed by atoms with E-state index in [2.05, 4.69) is 29.4 Å². The van der Waals surface area contributed by atoms with Crippen molar-refractivity contribution in [2.75, 3.05) is 5.32 Å². The third kappa shape index (κ3) is 5.61. The van der Waals surface area contributed by atoms with Crippen LogP contribution >= 0.6 is 12.4 Å². The maximum absolute atomic E-state index is 11.7. The molecule has 0 aliphatic heterocycles. The van der Waals surface area contributed by atoms with Gasteiger partial charge in [0.25, 0.3) is 0 Å². The van der Waals surface area contributed by atoms with Gasteiger partial charge in [-0.15, -0.1) is 12.4 Å². The Morgan fingerprint density at radius 2 is 2.05 bits per heavy atom. The van der Waals surface area contributed by atoms with Crippen molar-refractivity contribution >= 4 is 24.1 Å². The molecule has 0 radical (unpaired) electrons. The summed E-state index contributed by atoms with van der Waals surface area (Å²) in [5, 5.41) is 9.79. The number of hydrogen-bond donors (Lipinski definition) is 3.